The van der Waals surface area contributed by atoms with Crippen LogP contribution in [0.4, 0.5) is 5.69 Å². The fourth-order valence-electron chi connectivity index (χ4n) is 2.56. The van der Waals surface area contributed by atoms with Crippen LogP contribution in [0, 0.1) is 0 Å². The predicted molar refractivity (Wildman–Crippen MR) is 87.7 cm³/mol. The summed E-state index contributed by atoms with van der Waals surface area (Å²) in [5.41, 5.74) is 3.03. The number of ether oxygens (including phenoxy) is 1. The number of benzene rings is 2. The van der Waals surface area contributed by atoms with Gasteiger partial charge < -0.3 is 15.0 Å². The highest BCUT2D eigenvalue weighted by atomic mass is 16.5. The van der Waals surface area contributed by atoms with Gasteiger partial charge in [0.15, 0.2) is 12.5 Å². The molecule has 4 heteroatoms. The first-order valence-electron chi connectivity index (χ1n) is 7.20. The molecular formula is C18H18N2O2. The van der Waals surface area contributed by atoms with E-state index in [9.17, 15) is 4.79 Å². The summed E-state index contributed by atoms with van der Waals surface area (Å²) in [6.45, 7) is 0.682. The fraction of sp³-hybridized carbons (Fsp3) is 0.167. The highest BCUT2D eigenvalue weighted by Crippen LogP contribution is 2.23. The standard InChI is InChI=1S/C18H18N2O2/c1-22-16-9-7-14(8-10-16)17-11-12-20(18(13-21)19-17)15-5-3-2-4-6-15/h2-11,13,18-19H,12H2,1H3. The van der Waals surface area contributed by atoms with Crippen molar-refractivity contribution in [1.82, 2.24) is 5.32 Å². The molecule has 1 N–H and O–H groups in total. The van der Waals surface area contributed by atoms with Crippen molar-refractivity contribution >= 4 is 17.7 Å². The van der Waals surface area contributed by atoms with Crippen LogP contribution in [0.15, 0.2) is 60.7 Å². The summed E-state index contributed by atoms with van der Waals surface area (Å²) in [5, 5.41) is 3.28. The molecule has 1 aliphatic rings. The summed E-state index contributed by atoms with van der Waals surface area (Å²) in [6.07, 6.45) is 2.66. The summed E-state index contributed by atoms with van der Waals surface area (Å²) in [5.74, 6) is 0.818. The molecule has 0 aliphatic carbocycles. The van der Waals surface area contributed by atoms with E-state index >= 15 is 0 Å². The van der Waals surface area contributed by atoms with E-state index in [0.29, 0.717) is 6.54 Å². The van der Waals surface area contributed by atoms with E-state index in [1.807, 2.05) is 59.5 Å². The van der Waals surface area contributed by atoms with E-state index < -0.39 is 0 Å². The number of hydrogen-bond acceptors (Lipinski definition) is 4. The van der Waals surface area contributed by atoms with Gasteiger partial charge in [-0.15, -0.1) is 0 Å². The average molecular weight is 294 g/mol. The number of methoxy groups -OCH3 is 1. The van der Waals surface area contributed by atoms with Gasteiger partial charge in [-0.25, -0.2) is 0 Å². The smallest absolute Gasteiger partial charge is 0.162 e. The van der Waals surface area contributed by atoms with Crippen molar-refractivity contribution in [3.8, 4) is 5.75 Å². The van der Waals surface area contributed by atoms with Gasteiger partial charge in [-0.2, -0.15) is 0 Å². The maximum Gasteiger partial charge on any atom is 0.162 e. The molecule has 22 heavy (non-hydrogen) atoms. The van der Waals surface area contributed by atoms with Gasteiger partial charge in [-0.3, -0.25) is 4.79 Å². The Hall–Kier alpha value is -2.75. The minimum atomic E-state index is -0.371. The maximum absolute atomic E-state index is 11.5. The van der Waals surface area contributed by atoms with E-state index in [-0.39, 0.29) is 6.17 Å². The van der Waals surface area contributed by atoms with Crippen LogP contribution < -0.4 is 15.0 Å². The molecule has 0 saturated heterocycles. The number of rotatable bonds is 4. The molecule has 2 aromatic rings. The molecule has 0 amide bonds. The van der Waals surface area contributed by atoms with Crippen molar-refractivity contribution in [2.75, 3.05) is 18.6 Å². The molecule has 1 heterocycles. The van der Waals surface area contributed by atoms with Gasteiger partial charge in [-0.05, 0) is 48.0 Å². The fourth-order valence-corrected chi connectivity index (χ4v) is 2.56. The van der Waals surface area contributed by atoms with Gasteiger partial charge in [0.05, 0.1) is 7.11 Å². The molecule has 4 nitrogen and oxygen atoms in total. The minimum absolute atomic E-state index is 0.371. The molecule has 0 aromatic heterocycles. The quantitative estimate of drug-likeness (QED) is 0.880. The van der Waals surface area contributed by atoms with Crippen LogP contribution in [0.3, 0.4) is 0 Å². The highest BCUT2D eigenvalue weighted by molar-refractivity contribution is 5.75. The topological polar surface area (TPSA) is 41.6 Å². The summed E-state index contributed by atoms with van der Waals surface area (Å²) >= 11 is 0. The third kappa shape index (κ3) is 2.81. The van der Waals surface area contributed by atoms with Crippen LogP contribution >= 0.6 is 0 Å². The van der Waals surface area contributed by atoms with Crippen LogP contribution in [-0.4, -0.2) is 26.1 Å². The van der Waals surface area contributed by atoms with Gasteiger partial charge in [0.1, 0.15) is 5.75 Å². The van der Waals surface area contributed by atoms with Crippen LogP contribution in [-0.2, 0) is 4.79 Å². The van der Waals surface area contributed by atoms with E-state index in [4.69, 9.17) is 4.74 Å². The number of para-hydroxylation sites is 1. The molecule has 0 radical (unpaired) electrons. The number of carbonyl (C=O) groups excluding carboxylic acids is 1. The molecule has 1 atom stereocenters. The van der Waals surface area contributed by atoms with E-state index in [1.165, 1.54) is 0 Å². The third-order valence-electron chi connectivity index (χ3n) is 3.75. The number of hydrogen-bond donors (Lipinski definition) is 1. The second-order valence-corrected chi connectivity index (χ2v) is 5.06. The van der Waals surface area contributed by atoms with Gasteiger partial charge in [-0.1, -0.05) is 18.2 Å². The lowest BCUT2D eigenvalue weighted by Crippen LogP contribution is -2.49. The molecule has 3 rings (SSSR count). The van der Waals surface area contributed by atoms with Crippen molar-refractivity contribution in [1.29, 1.82) is 0 Å². The molecule has 2 aromatic carbocycles. The molecule has 1 unspecified atom stereocenters. The van der Waals surface area contributed by atoms with Crippen LogP contribution in [0.5, 0.6) is 5.75 Å². The normalized spacial score (nSPS) is 17.4. The van der Waals surface area contributed by atoms with Crippen molar-refractivity contribution in [2.45, 2.75) is 6.17 Å². The molecular weight excluding hydrogens is 276 g/mol. The highest BCUT2D eigenvalue weighted by Gasteiger charge is 2.22. The van der Waals surface area contributed by atoms with Crippen molar-refractivity contribution in [3.63, 3.8) is 0 Å². The van der Waals surface area contributed by atoms with Crippen LogP contribution in [0.1, 0.15) is 5.56 Å². The van der Waals surface area contributed by atoms with Crippen molar-refractivity contribution < 1.29 is 9.53 Å². The Morgan fingerprint density at radius 2 is 1.86 bits per heavy atom. The van der Waals surface area contributed by atoms with E-state index in [0.717, 1.165) is 29.0 Å². The van der Waals surface area contributed by atoms with Crippen molar-refractivity contribution in [3.05, 3.63) is 66.2 Å². The summed E-state index contributed by atoms with van der Waals surface area (Å²) in [6, 6.07) is 17.7. The first-order chi connectivity index (χ1) is 10.8. The molecule has 1 aliphatic heterocycles. The first kappa shape index (κ1) is 14.2. The van der Waals surface area contributed by atoms with Crippen LogP contribution in [0.25, 0.3) is 5.70 Å². The molecule has 0 spiro atoms. The lowest BCUT2D eigenvalue weighted by molar-refractivity contribution is -0.109. The van der Waals surface area contributed by atoms with Gasteiger partial charge in [0.25, 0.3) is 0 Å². The Morgan fingerprint density at radius 3 is 2.50 bits per heavy atom. The maximum atomic E-state index is 11.5. The Bertz CT molecular complexity index is 665. The number of nitrogens with zero attached hydrogens (tertiary/aromatic N) is 1. The second kappa shape index (κ2) is 6.35. The number of aldehydes is 1. The average Bonchev–Trinajstić information content (AvgIpc) is 2.62. The van der Waals surface area contributed by atoms with E-state index in [1.54, 1.807) is 7.11 Å². The zero-order valence-electron chi connectivity index (χ0n) is 12.4. The lowest BCUT2D eigenvalue weighted by atomic mass is 10.1. The minimum Gasteiger partial charge on any atom is -0.497 e. The first-order valence-corrected chi connectivity index (χ1v) is 7.20. The number of anilines is 1. The Labute approximate surface area is 130 Å². The Morgan fingerprint density at radius 1 is 1.14 bits per heavy atom. The zero-order valence-corrected chi connectivity index (χ0v) is 12.4. The summed E-state index contributed by atoms with van der Waals surface area (Å²) in [7, 11) is 1.65. The number of carbonyl (C=O) groups is 1. The largest absolute Gasteiger partial charge is 0.497 e. The predicted octanol–water partition coefficient (Wildman–Crippen LogP) is 2.67. The van der Waals surface area contributed by atoms with Crippen molar-refractivity contribution in [2.24, 2.45) is 0 Å². The SMILES string of the molecule is COc1ccc(C2=CCN(c3ccccc3)C(C=O)N2)cc1. The molecule has 0 bridgehead atoms. The van der Waals surface area contributed by atoms with Gasteiger partial charge in [0.2, 0.25) is 0 Å². The molecule has 112 valence electrons. The lowest BCUT2D eigenvalue weighted by Gasteiger charge is -2.35. The van der Waals surface area contributed by atoms with Crippen LogP contribution in [0.2, 0.25) is 0 Å². The Balaban J connectivity index is 1.84. The zero-order chi connectivity index (χ0) is 15.4. The third-order valence-corrected chi connectivity index (χ3v) is 3.75. The summed E-state index contributed by atoms with van der Waals surface area (Å²) < 4.78 is 5.17. The summed E-state index contributed by atoms with van der Waals surface area (Å²) in [4.78, 5) is 13.5. The van der Waals surface area contributed by atoms with Gasteiger partial charge in [0, 0.05) is 17.9 Å². The molecule has 0 fully saturated rings. The number of nitrogens with one attached hydrogen (secondary N) is 1. The monoisotopic (exact) mass is 294 g/mol. The second-order valence-electron chi connectivity index (χ2n) is 5.06. The van der Waals surface area contributed by atoms with Gasteiger partial charge >= 0.3 is 0 Å². The van der Waals surface area contributed by atoms with E-state index in [2.05, 4.69) is 11.4 Å². The Kier molecular flexibility index (Phi) is 4.10. The molecule has 0 saturated carbocycles.